The van der Waals surface area contributed by atoms with Gasteiger partial charge in [0.05, 0.1) is 7.11 Å². The Balaban J connectivity index is 0. The van der Waals surface area contributed by atoms with Gasteiger partial charge in [-0.3, -0.25) is 0 Å². The van der Waals surface area contributed by atoms with Gasteiger partial charge in [0.15, 0.2) is 0 Å². The fourth-order valence-electron chi connectivity index (χ4n) is 2.68. The molecule has 0 aromatic rings. The Morgan fingerprint density at radius 3 is 1.79 bits per heavy atom. The van der Waals surface area contributed by atoms with Crippen LogP contribution in [0.5, 0.6) is 0 Å². The lowest BCUT2D eigenvalue weighted by molar-refractivity contribution is 0.309. The number of ether oxygens (including phenoxy) is 1. The smallest absolute Gasteiger partial charge is 0.111 e. The van der Waals surface area contributed by atoms with Gasteiger partial charge >= 0.3 is 0 Å². The van der Waals surface area contributed by atoms with E-state index in [4.69, 9.17) is 4.74 Å². The van der Waals surface area contributed by atoms with E-state index in [1.54, 1.807) is 13.2 Å². The van der Waals surface area contributed by atoms with Gasteiger partial charge in [-0.2, -0.15) is 0 Å². The third-order valence-electron chi connectivity index (χ3n) is 5.57. The highest BCUT2D eigenvalue weighted by molar-refractivity contribution is 5.54. The van der Waals surface area contributed by atoms with Crippen molar-refractivity contribution < 1.29 is 4.74 Å². The molecule has 0 saturated heterocycles. The Kier molecular flexibility index (Phi) is 18.8. The third-order valence-corrected chi connectivity index (χ3v) is 5.57. The van der Waals surface area contributed by atoms with E-state index in [0.717, 1.165) is 52.2 Å². The van der Waals surface area contributed by atoms with E-state index in [2.05, 4.69) is 87.1 Å². The second-order valence-corrected chi connectivity index (χ2v) is 8.69. The Hall–Kier alpha value is -2.54. The fraction of sp³-hybridized carbons (Fsp3) is 0.438. The van der Waals surface area contributed by atoms with Gasteiger partial charge < -0.3 is 4.74 Å². The lowest BCUT2D eigenvalue weighted by Crippen LogP contribution is -2.01. The number of methoxy groups -OCH3 is 1. The zero-order chi connectivity index (χ0) is 26.0. The normalized spacial score (nSPS) is 13.1. The van der Waals surface area contributed by atoms with Crippen LogP contribution in [0.15, 0.2) is 109 Å². The van der Waals surface area contributed by atoms with Gasteiger partial charge in [0.25, 0.3) is 0 Å². The van der Waals surface area contributed by atoms with Crippen LogP contribution < -0.4 is 0 Å². The highest BCUT2D eigenvalue weighted by Crippen LogP contribution is 2.25. The van der Waals surface area contributed by atoms with Crippen molar-refractivity contribution in [2.45, 2.75) is 73.6 Å². The second-order valence-electron chi connectivity index (χ2n) is 8.69. The first kappa shape index (κ1) is 32.6. The van der Waals surface area contributed by atoms with Crippen LogP contribution in [0.25, 0.3) is 0 Å². The summed E-state index contributed by atoms with van der Waals surface area (Å²) in [4.78, 5) is 0. The van der Waals surface area contributed by atoms with Gasteiger partial charge in [0, 0.05) is 0 Å². The van der Waals surface area contributed by atoms with E-state index in [1.807, 2.05) is 18.2 Å². The Labute approximate surface area is 206 Å². The minimum Gasteiger partial charge on any atom is -0.497 e. The zero-order valence-corrected chi connectivity index (χ0v) is 22.7. The molecule has 0 heterocycles. The molecule has 0 spiro atoms. The van der Waals surface area contributed by atoms with Crippen LogP contribution in [0.1, 0.15) is 73.6 Å². The first-order valence-corrected chi connectivity index (χ1v) is 12.2. The highest BCUT2D eigenvalue weighted by atomic mass is 16.5. The summed E-state index contributed by atoms with van der Waals surface area (Å²) >= 11 is 0. The van der Waals surface area contributed by atoms with Crippen LogP contribution in [0.2, 0.25) is 0 Å². The zero-order valence-electron chi connectivity index (χ0n) is 22.7. The molecule has 2 unspecified atom stereocenters. The van der Waals surface area contributed by atoms with Crippen molar-refractivity contribution in [3.8, 4) is 0 Å². The van der Waals surface area contributed by atoms with Crippen molar-refractivity contribution in [3.05, 3.63) is 109 Å². The van der Waals surface area contributed by atoms with E-state index in [-0.39, 0.29) is 0 Å². The average Bonchev–Trinajstić information content (AvgIpc) is 2.81. The van der Waals surface area contributed by atoms with Crippen LogP contribution in [0.3, 0.4) is 0 Å². The summed E-state index contributed by atoms with van der Waals surface area (Å²) in [6.45, 7) is 37.8. The Morgan fingerprint density at radius 2 is 1.30 bits per heavy atom. The molecule has 1 nitrogen and oxygen atoms in total. The quantitative estimate of drug-likeness (QED) is 0.178. The summed E-state index contributed by atoms with van der Waals surface area (Å²) in [5.41, 5.74) is 5.65. The van der Waals surface area contributed by atoms with Gasteiger partial charge in [-0.15, -0.1) is 0 Å². The van der Waals surface area contributed by atoms with Crippen LogP contribution in [-0.2, 0) is 4.74 Å². The van der Waals surface area contributed by atoms with Crippen molar-refractivity contribution in [3.63, 3.8) is 0 Å². The van der Waals surface area contributed by atoms with Crippen LogP contribution in [-0.4, -0.2) is 7.11 Å². The van der Waals surface area contributed by atoms with Gasteiger partial charge in [0.1, 0.15) is 5.76 Å². The van der Waals surface area contributed by atoms with Crippen molar-refractivity contribution >= 4 is 0 Å². The summed E-state index contributed by atoms with van der Waals surface area (Å²) in [7, 11) is 1.59. The molecule has 0 aromatic carbocycles. The number of hydrogen-bond acceptors (Lipinski definition) is 1. The maximum atomic E-state index is 5.04. The molecule has 0 fully saturated rings. The molecule has 0 N–H and O–H groups in total. The average molecular weight is 451 g/mol. The number of rotatable bonds is 15. The van der Waals surface area contributed by atoms with Gasteiger partial charge in [0.2, 0.25) is 0 Å². The van der Waals surface area contributed by atoms with Crippen molar-refractivity contribution in [2.24, 2.45) is 11.8 Å². The van der Waals surface area contributed by atoms with Gasteiger partial charge in [-0.25, -0.2) is 0 Å². The predicted molar refractivity (Wildman–Crippen MR) is 152 cm³/mol. The monoisotopic (exact) mass is 450 g/mol. The molecule has 0 rings (SSSR count). The molecule has 2 atom stereocenters. The molecule has 0 radical (unpaired) electrons. The lowest BCUT2D eigenvalue weighted by atomic mass is 9.90. The van der Waals surface area contributed by atoms with E-state index in [9.17, 15) is 0 Å². The first-order chi connectivity index (χ1) is 15.5. The van der Waals surface area contributed by atoms with Gasteiger partial charge in [-0.05, 0) is 58.6 Å². The summed E-state index contributed by atoms with van der Waals surface area (Å²) in [6, 6.07) is 0. The second kappa shape index (κ2) is 19.0. The van der Waals surface area contributed by atoms with Crippen molar-refractivity contribution in [1.29, 1.82) is 0 Å². The highest BCUT2D eigenvalue weighted by Gasteiger charge is 2.08. The standard InChI is InChI=1S/C29H42O.C3H8/c1-12-21(3)14-15-22(4)23(5)16-17-25(7)28(10)29(13-2)20-26(8)24(6)18-19-27(9)30-11;1-3-2/h16-22H,5-10,12-15H2,1-4,11H3;3H2,1-2H3/b17-16-,19-18-,29-20-;. The minimum absolute atomic E-state index is 0.467. The molecule has 0 amide bonds. The van der Waals surface area contributed by atoms with Crippen molar-refractivity contribution in [2.75, 3.05) is 7.11 Å². The summed E-state index contributed by atoms with van der Waals surface area (Å²) in [5, 5.41) is 0. The topological polar surface area (TPSA) is 9.23 Å². The molecular weight excluding hydrogens is 400 g/mol. The predicted octanol–water partition coefficient (Wildman–Crippen LogP) is 10.3. The maximum absolute atomic E-state index is 5.04. The first-order valence-electron chi connectivity index (χ1n) is 12.2. The molecule has 0 aliphatic rings. The number of hydrogen-bond donors (Lipinski definition) is 0. The molecule has 0 saturated carbocycles. The summed E-state index contributed by atoms with van der Waals surface area (Å²) in [5.74, 6) is 1.81. The van der Waals surface area contributed by atoms with Crippen LogP contribution in [0.4, 0.5) is 0 Å². The SMILES string of the molecule is C=C(/C=C\C(=C)C(=C)/C=C(/CC)C(=C)C(=C)/C=C\C(=C)C(C)CCC(C)CC)OC.CCC. The third kappa shape index (κ3) is 15.0. The van der Waals surface area contributed by atoms with Crippen LogP contribution in [0, 0.1) is 11.8 Å². The van der Waals surface area contributed by atoms with Crippen LogP contribution >= 0.6 is 0 Å². The van der Waals surface area contributed by atoms with E-state index >= 15 is 0 Å². The maximum Gasteiger partial charge on any atom is 0.111 e. The number of allylic oxidation sites excluding steroid dienone is 11. The summed E-state index contributed by atoms with van der Waals surface area (Å²) < 4.78 is 5.04. The molecule has 0 aliphatic heterocycles. The lowest BCUT2D eigenvalue weighted by Gasteiger charge is -2.15. The molecule has 184 valence electrons. The van der Waals surface area contributed by atoms with E-state index < -0.39 is 0 Å². The fourth-order valence-corrected chi connectivity index (χ4v) is 2.68. The van der Waals surface area contributed by atoms with Gasteiger partial charge in [-0.1, -0.05) is 130 Å². The molecule has 0 aliphatic carbocycles. The Bertz CT molecular complexity index is 766. The van der Waals surface area contributed by atoms with E-state index in [1.165, 1.54) is 19.3 Å². The molecular formula is C32H50O. The van der Waals surface area contributed by atoms with E-state index in [0.29, 0.717) is 11.7 Å². The molecule has 0 aromatic heterocycles. The largest absolute Gasteiger partial charge is 0.497 e. The Morgan fingerprint density at radius 1 is 0.758 bits per heavy atom. The summed E-state index contributed by atoms with van der Waals surface area (Å²) in [6.07, 6.45) is 15.5. The molecule has 0 bridgehead atoms. The minimum atomic E-state index is 0.467. The molecule has 33 heavy (non-hydrogen) atoms. The molecule has 1 heteroatoms. The van der Waals surface area contributed by atoms with Crippen molar-refractivity contribution in [1.82, 2.24) is 0 Å².